The van der Waals surface area contributed by atoms with Crippen LogP contribution in [0.3, 0.4) is 0 Å². The number of hydrogen-bond donors (Lipinski definition) is 1. The van der Waals surface area contributed by atoms with E-state index in [1.165, 1.54) is 23.9 Å². The Morgan fingerprint density at radius 2 is 1.90 bits per heavy atom. The molecule has 0 aliphatic carbocycles. The molecule has 158 valence electrons. The third-order valence-electron chi connectivity index (χ3n) is 4.76. The number of carbonyl (C=O) groups excluding carboxylic acids is 2. The number of thioether (sulfide) groups is 1. The highest BCUT2D eigenvalue weighted by atomic mass is 32.2. The summed E-state index contributed by atoms with van der Waals surface area (Å²) in [5.41, 5.74) is 1.54. The van der Waals surface area contributed by atoms with Crippen molar-refractivity contribution in [3.8, 4) is 0 Å². The second-order valence-electron chi connectivity index (χ2n) is 6.93. The molecule has 0 radical (unpaired) electrons. The molecule has 0 saturated carbocycles. The SMILES string of the molecule is C=CCNC(=O)CN1CCN(C(=O)c2cccnc2SCc2ccc(F)cc2)CC1. The Kier molecular flexibility index (Phi) is 7.98. The topological polar surface area (TPSA) is 65.5 Å². The fraction of sp³-hybridized carbons (Fsp3) is 0.318. The highest BCUT2D eigenvalue weighted by molar-refractivity contribution is 7.98. The number of piperazine rings is 1. The number of nitrogens with one attached hydrogen (secondary N) is 1. The number of pyridine rings is 1. The van der Waals surface area contributed by atoms with Crippen molar-refractivity contribution in [2.75, 3.05) is 39.3 Å². The van der Waals surface area contributed by atoms with Crippen molar-refractivity contribution in [3.05, 3.63) is 72.2 Å². The molecule has 1 fully saturated rings. The van der Waals surface area contributed by atoms with E-state index in [-0.39, 0.29) is 17.6 Å². The maximum atomic E-state index is 13.1. The van der Waals surface area contributed by atoms with Crippen LogP contribution in [0.5, 0.6) is 0 Å². The standard InChI is InChI=1S/C22H25FN4O2S/c1-2-9-24-20(28)15-26-11-13-27(14-12-26)22(29)19-4-3-10-25-21(19)30-16-17-5-7-18(23)8-6-17/h2-8,10H,1,9,11-16H2,(H,24,28). The molecule has 1 aliphatic heterocycles. The number of benzene rings is 1. The van der Waals surface area contributed by atoms with Crippen LogP contribution in [0.15, 0.2) is 60.3 Å². The Labute approximate surface area is 180 Å². The maximum Gasteiger partial charge on any atom is 0.256 e. The minimum atomic E-state index is -0.269. The molecule has 3 rings (SSSR count). The Balaban J connectivity index is 1.56. The van der Waals surface area contributed by atoms with Crippen molar-refractivity contribution >= 4 is 23.6 Å². The molecule has 1 saturated heterocycles. The zero-order chi connectivity index (χ0) is 21.3. The summed E-state index contributed by atoms with van der Waals surface area (Å²) in [7, 11) is 0. The lowest BCUT2D eigenvalue weighted by molar-refractivity contribution is -0.122. The summed E-state index contributed by atoms with van der Waals surface area (Å²) in [6, 6.07) is 9.87. The molecule has 1 N–H and O–H groups in total. The van der Waals surface area contributed by atoms with Crippen LogP contribution in [0.2, 0.25) is 0 Å². The van der Waals surface area contributed by atoms with Crippen LogP contribution < -0.4 is 5.32 Å². The Hall–Kier alpha value is -2.71. The summed E-state index contributed by atoms with van der Waals surface area (Å²) >= 11 is 1.46. The minimum absolute atomic E-state index is 0.0404. The second kappa shape index (κ2) is 10.9. The quantitative estimate of drug-likeness (QED) is 0.517. The zero-order valence-electron chi connectivity index (χ0n) is 16.7. The van der Waals surface area contributed by atoms with Crippen molar-refractivity contribution in [2.24, 2.45) is 0 Å². The lowest BCUT2D eigenvalue weighted by Gasteiger charge is -2.34. The summed E-state index contributed by atoms with van der Waals surface area (Å²) < 4.78 is 13.1. The Morgan fingerprint density at radius 3 is 2.60 bits per heavy atom. The third-order valence-corrected chi connectivity index (χ3v) is 5.84. The van der Waals surface area contributed by atoms with E-state index >= 15 is 0 Å². The molecule has 1 aromatic carbocycles. The molecule has 6 nitrogen and oxygen atoms in total. The van der Waals surface area contributed by atoms with Gasteiger partial charge in [0.1, 0.15) is 10.8 Å². The van der Waals surface area contributed by atoms with Crippen LogP contribution in [0, 0.1) is 5.82 Å². The van der Waals surface area contributed by atoms with Gasteiger partial charge in [0.15, 0.2) is 0 Å². The van der Waals surface area contributed by atoms with Crippen molar-refractivity contribution in [2.45, 2.75) is 10.8 Å². The van der Waals surface area contributed by atoms with Crippen LogP contribution in [-0.2, 0) is 10.5 Å². The van der Waals surface area contributed by atoms with Crippen LogP contribution in [0.4, 0.5) is 4.39 Å². The molecule has 0 unspecified atom stereocenters. The minimum Gasteiger partial charge on any atom is -0.352 e. The number of nitrogens with zero attached hydrogens (tertiary/aromatic N) is 3. The highest BCUT2D eigenvalue weighted by Crippen LogP contribution is 2.25. The van der Waals surface area contributed by atoms with Gasteiger partial charge in [0.25, 0.3) is 5.91 Å². The van der Waals surface area contributed by atoms with Gasteiger partial charge in [-0.3, -0.25) is 14.5 Å². The van der Waals surface area contributed by atoms with Gasteiger partial charge in [-0.05, 0) is 29.8 Å². The van der Waals surface area contributed by atoms with Crippen molar-refractivity contribution in [1.82, 2.24) is 20.1 Å². The first-order chi connectivity index (χ1) is 14.6. The number of carbonyl (C=O) groups is 2. The summed E-state index contributed by atoms with van der Waals surface area (Å²) in [4.78, 5) is 33.1. The van der Waals surface area contributed by atoms with Gasteiger partial charge < -0.3 is 10.2 Å². The van der Waals surface area contributed by atoms with E-state index < -0.39 is 0 Å². The van der Waals surface area contributed by atoms with Gasteiger partial charge in [0.05, 0.1) is 12.1 Å². The average Bonchev–Trinajstić information content (AvgIpc) is 2.77. The molecule has 2 aromatic rings. The molecule has 0 bridgehead atoms. The summed E-state index contributed by atoms with van der Waals surface area (Å²) in [6.07, 6.45) is 3.32. The third kappa shape index (κ3) is 6.14. The first kappa shape index (κ1) is 22.0. The predicted molar refractivity (Wildman–Crippen MR) is 116 cm³/mol. The van der Waals surface area contributed by atoms with Crippen LogP contribution >= 0.6 is 11.8 Å². The molecular weight excluding hydrogens is 403 g/mol. The first-order valence-corrected chi connectivity index (χ1v) is 10.8. The smallest absolute Gasteiger partial charge is 0.256 e. The fourth-order valence-corrected chi connectivity index (χ4v) is 4.07. The number of hydrogen-bond acceptors (Lipinski definition) is 5. The van der Waals surface area contributed by atoms with E-state index in [0.29, 0.717) is 55.6 Å². The fourth-order valence-electron chi connectivity index (χ4n) is 3.13. The summed E-state index contributed by atoms with van der Waals surface area (Å²) in [5.74, 6) is 0.238. The van der Waals surface area contributed by atoms with Gasteiger partial charge in [-0.15, -0.1) is 18.3 Å². The second-order valence-corrected chi connectivity index (χ2v) is 7.90. The van der Waals surface area contributed by atoms with Gasteiger partial charge >= 0.3 is 0 Å². The molecular formula is C22H25FN4O2S. The number of aromatic nitrogens is 1. The van der Waals surface area contributed by atoms with E-state index in [9.17, 15) is 14.0 Å². The zero-order valence-corrected chi connectivity index (χ0v) is 17.5. The molecule has 30 heavy (non-hydrogen) atoms. The average molecular weight is 429 g/mol. The number of rotatable bonds is 8. The van der Waals surface area contributed by atoms with Crippen molar-refractivity contribution in [3.63, 3.8) is 0 Å². The van der Waals surface area contributed by atoms with E-state index in [1.54, 1.807) is 41.4 Å². The monoisotopic (exact) mass is 428 g/mol. The normalized spacial score (nSPS) is 14.4. The van der Waals surface area contributed by atoms with Gasteiger partial charge in [-0.25, -0.2) is 9.37 Å². The van der Waals surface area contributed by atoms with E-state index in [1.807, 2.05) is 4.90 Å². The summed E-state index contributed by atoms with van der Waals surface area (Å²) in [5, 5.41) is 3.43. The van der Waals surface area contributed by atoms with Crippen LogP contribution in [-0.4, -0.2) is 65.9 Å². The van der Waals surface area contributed by atoms with Gasteiger partial charge in [0.2, 0.25) is 5.91 Å². The Morgan fingerprint density at radius 1 is 1.17 bits per heavy atom. The molecule has 8 heteroatoms. The van der Waals surface area contributed by atoms with Crippen molar-refractivity contribution < 1.29 is 14.0 Å². The molecule has 0 atom stereocenters. The van der Waals surface area contributed by atoms with Gasteiger partial charge in [0, 0.05) is 44.7 Å². The van der Waals surface area contributed by atoms with Crippen LogP contribution in [0.1, 0.15) is 15.9 Å². The van der Waals surface area contributed by atoms with Gasteiger partial charge in [-0.2, -0.15) is 0 Å². The lowest BCUT2D eigenvalue weighted by atomic mass is 10.2. The molecule has 1 aromatic heterocycles. The molecule has 2 amide bonds. The van der Waals surface area contributed by atoms with E-state index in [0.717, 1.165) is 5.56 Å². The van der Waals surface area contributed by atoms with Crippen molar-refractivity contribution in [1.29, 1.82) is 0 Å². The van der Waals surface area contributed by atoms with Gasteiger partial charge in [-0.1, -0.05) is 18.2 Å². The Bertz CT molecular complexity index is 883. The largest absolute Gasteiger partial charge is 0.352 e. The molecule has 1 aliphatic rings. The lowest BCUT2D eigenvalue weighted by Crippen LogP contribution is -2.51. The van der Waals surface area contributed by atoms with Crippen LogP contribution in [0.25, 0.3) is 0 Å². The molecule has 2 heterocycles. The number of halogens is 1. The maximum absolute atomic E-state index is 13.1. The van der Waals surface area contributed by atoms with E-state index in [2.05, 4.69) is 16.9 Å². The first-order valence-electron chi connectivity index (χ1n) is 9.78. The highest BCUT2D eigenvalue weighted by Gasteiger charge is 2.25. The number of amides is 2. The predicted octanol–water partition coefficient (Wildman–Crippen LogP) is 2.57. The van der Waals surface area contributed by atoms with E-state index in [4.69, 9.17) is 0 Å². The summed E-state index contributed by atoms with van der Waals surface area (Å²) in [6.45, 7) is 6.77. The molecule has 0 spiro atoms.